The summed E-state index contributed by atoms with van der Waals surface area (Å²) in [5, 5.41) is 0. The van der Waals surface area contributed by atoms with Crippen LogP contribution < -0.4 is 0 Å². The molecule has 0 aromatic carbocycles. The van der Waals surface area contributed by atoms with Gasteiger partial charge in [0, 0.05) is 12.0 Å². The molecule has 0 fully saturated rings. The summed E-state index contributed by atoms with van der Waals surface area (Å²) >= 11 is 0. The maximum atomic E-state index is 5.85. The van der Waals surface area contributed by atoms with Crippen LogP contribution in [-0.2, 0) is 9.47 Å². The molecule has 0 aromatic heterocycles. The highest BCUT2D eigenvalue weighted by molar-refractivity contribution is 4.88. The third-order valence-electron chi connectivity index (χ3n) is 3.00. The first kappa shape index (κ1) is 14.9. The second kappa shape index (κ2) is 4.84. The van der Waals surface area contributed by atoms with Crippen LogP contribution in [0.25, 0.3) is 0 Å². The average Bonchev–Trinajstić information content (AvgIpc) is 1.99. The lowest BCUT2D eigenvalue weighted by molar-refractivity contribution is -0.142. The number of ether oxygens (including phenoxy) is 2. The van der Waals surface area contributed by atoms with Crippen molar-refractivity contribution in [3.8, 4) is 0 Å². The van der Waals surface area contributed by atoms with Crippen molar-refractivity contribution in [3.05, 3.63) is 0 Å². The van der Waals surface area contributed by atoms with Gasteiger partial charge in [0.15, 0.2) is 0 Å². The SMILES string of the molecule is CCOC(C)(C)C(C)(C)COC(C)(C)C. The molecule has 0 heterocycles. The van der Waals surface area contributed by atoms with Crippen LogP contribution in [-0.4, -0.2) is 24.4 Å². The van der Waals surface area contributed by atoms with E-state index in [2.05, 4.69) is 48.5 Å². The van der Waals surface area contributed by atoms with Gasteiger partial charge in [-0.3, -0.25) is 0 Å². The van der Waals surface area contributed by atoms with Crippen molar-refractivity contribution in [2.75, 3.05) is 13.2 Å². The Morgan fingerprint density at radius 3 is 1.60 bits per heavy atom. The smallest absolute Gasteiger partial charge is 0.0698 e. The van der Waals surface area contributed by atoms with E-state index in [4.69, 9.17) is 9.47 Å². The van der Waals surface area contributed by atoms with Crippen LogP contribution in [0.2, 0.25) is 0 Å². The van der Waals surface area contributed by atoms with Crippen molar-refractivity contribution in [3.63, 3.8) is 0 Å². The molecule has 0 unspecified atom stereocenters. The fourth-order valence-corrected chi connectivity index (χ4v) is 1.13. The van der Waals surface area contributed by atoms with Crippen LogP contribution in [0.1, 0.15) is 55.4 Å². The summed E-state index contributed by atoms with van der Waals surface area (Å²) in [6, 6.07) is 0. The Balaban J connectivity index is 4.40. The fraction of sp³-hybridized carbons (Fsp3) is 1.00. The second-order valence-corrected chi connectivity index (χ2v) is 6.23. The quantitative estimate of drug-likeness (QED) is 0.698. The summed E-state index contributed by atoms with van der Waals surface area (Å²) in [6.45, 7) is 18.4. The molecule has 0 N–H and O–H groups in total. The van der Waals surface area contributed by atoms with Gasteiger partial charge in [0.2, 0.25) is 0 Å². The molecule has 0 saturated carbocycles. The summed E-state index contributed by atoms with van der Waals surface area (Å²) in [7, 11) is 0. The molecule has 2 nitrogen and oxygen atoms in total. The number of rotatable bonds is 5. The third kappa shape index (κ3) is 4.98. The van der Waals surface area contributed by atoms with Gasteiger partial charge in [-0.15, -0.1) is 0 Å². The normalized spacial score (nSPS) is 14.4. The van der Waals surface area contributed by atoms with E-state index in [-0.39, 0.29) is 16.6 Å². The van der Waals surface area contributed by atoms with Crippen molar-refractivity contribution >= 4 is 0 Å². The van der Waals surface area contributed by atoms with Gasteiger partial charge in [-0.25, -0.2) is 0 Å². The Labute approximate surface area is 95.3 Å². The predicted octanol–water partition coefficient (Wildman–Crippen LogP) is 3.64. The molecule has 0 aliphatic rings. The minimum atomic E-state index is -0.160. The van der Waals surface area contributed by atoms with Gasteiger partial charge in [-0.2, -0.15) is 0 Å². The van der Waals surface area contributed by atoms with E-state index < -0.39 is 0 Å². The summed E-state index contributed by atoms with van der Waals surface area (Å²) in [6.07, 6.45) is 0. The summed E-state index contributed by atoms with van der Waals surface area (Å²) in [4.78, 5) is 0. The van der Waals surface area contributed by atoms with Gasteiger partial charge in [0.05, 0.1) is 17.8 Å². The van der Waals surface area contributed by atoms with Crippen LogP contribution >= 0.6 is 0 Å². The second-order valence-electron chi connectivity index (χ2n) is 6.23. The molecule has 0 radical (unpaired) electrons. The summed E-state index contributed by atoms with van der Waals surface area (Å²) in [5.74, 6) is 0. The van der Waals surface area contributed by atoms with Gasteiger partial charge in [0.1, 0.15) is 0 Å². The van der Waals surface area contributed by atoms with E-state index in [0.717, 1.165) is 6.61 Å². The molecule has 0 aromatic rings. The minimum Gasteiger partial charge on any atom is -0.375 e. The van der Waals surface area contributed by atoms with E-state index in [0.29, 0.717) is 6.61 Å². The van der Waals surface area contributed by atoms with Crippen LogP contribution in [0.4, 0.5) is 0 Å². The maximum Gasteiger partial charge on any atom is 0.0698 e. The van der Waals surface area contributed by atoms with Gasteiger partial charge >= 0.3 is 0 Å². The Hall–Kier alpha value is -0.0800. The van der Waals surface area contributed by atoms with Gasteiger partial charge in [-0.1, -0.05) is 13.8 Å². The van der Waals surface area contributed by atoms with Crippen LogP contribution in [0.3, 0.4) is 0 Å². The van der Waals surface area contributed by atoms with Crippen molar-refractivity contribution in [1.82, 2.24) is 0 Å². The average molecular weight is 216 g/mol. The van der Waals surface area contributed by atoms with Gasteiger partial charge in [-0.05, 0) is 41.5 Å². The van der Waals surface area contributed by atoms with E-state index in [9.17, 15) is 0 Å². The highest BCUT2D eigenvalue weighted by Gasteiger charge is 2.38. The van der Waals surface area contributed by atoms with E-state index >= 15 is 0 Å². The molecule has 2 heteroatoms. The highest BCUT2D eigenvalue weighted by atomic mass is 16.5. The molecule has 0 aliphatic heterocycles. The summed E-state index contributed by atoms with van der Waals surface area (Å²) < 4.78 is 11.6. The minimum absolute atomic E-state index is 0.0102. The Morgan fingerprint density at radius 2 is 1.27 bits per heavy atom. The fourth-order valence-electron chi connectivity index (χ4n) is 1.13. The third-order valence-corrected chi connectivity index (χ3v) is 3.00. The molecule has 0 bridgehead atoms. The molecule has 15 heavy (non-hydrogen) atoms. The van der Waals surface area contributed by atoms with Gasteiger partial charge < -0.3 is 9.47 Å². The maximum absolute atomic E-state index is 5.85. The van der Waals surface area contributed by atoms with Crippen molar-refractivity contribution in [2.45, 2.75) is 66.6 Å². The molecule has 0 atom stereocenters. The predicted molar refractivity (Wildman–Crippen MR) is 65.2 cm³/mol. The first-order valence-corrected chi connectivity index (χ1v) is 5.80. The Morgan fingerprint density at radius 1 is 0.800 bits per heavy atom. The van der Waals surface area contributed by atoms with Crippen molar-refractivity contribution in [2.24, 2.45) is 5.41 Å². The van der Waals surface area contributed by atoms with Crippen LogP contribution in [0, 0.1) is 5.41 Å². The molecule has 0 saturated heterocycles. The molecule has 0 amide bonds. The Bertz CT molecular complexity index is 187. The van der Waals surface area contributed by atoms with E-state index in [1.165, 1.54) is 0 Å². The lowest BCUT2D eigenvalue weighted by Gasteiger charge is -2.42. The zero-order valence-electron chi connectivity index (χ0n) is 11.7. The number of hydrogen-bond acceptors (Lipinski definition) is 2. The monoisotopic (exact) mass is 216 g/mol. The van der Waals surface area contributed by atoms with Crippen LogP contribution in [0.5, 0.6) is 0 Å². The molecular formula is C13H28O2. The zero-order chi connectivity index (χ0) is 12.3. The molecule has 0 aliphatic carbocycles. The first-order valence-electron chi connectivity index (χ1n) is 5.80. The van der Waals surface area contributed by atoms with Gasteiger partial charge in [0.25, 0.3) is 0 Å². The van der Waals surface area contributed by atoms with Crippen LogP contribution in [0.15, 0.2) is 0 Å². The number of hydrogen-bond donors (Lipinski definition) is 0. The molecule has 0 rings (SSSR count). The summed E-state index contributed by atoms with van der Waals surface area (Å²) in [5.41, 5.74) is -0.233. The largest absolute Gasteiger partial charge is 0.375 e. The lowest BCUT2D eigenvalue weighted by atomic mass is 9.77. The standard InChI is InChI=1S/C13H28O2/c1-9-14-13(7,8)12(5,6)10-15-11(2,3)4/h9-10H2,1-8H3. The van der Waals surface area contributed by atoms with E-state index in [1.807, 2.05) is 6.92 Å². The molecule has 0 spiro atoms. The Kier molecular flexibility index (Phi) is 4.81. The lowest BCUT2D eigenvalue weighted by Crippen LogP contribution is -2.46. The topological polar surface area (TPSA) is 18.5 Å². The molecular weight excluding hydrogens is 188 g/mol. The highest BCUT2D eigenvalue weighted by Crippen LogP contribution is 2.35. The first-order chi connectivity index (χ1) is 6.52. The van der Waals surface area contributed by atoms with Crippen molar-refractivity contribution < 1.29 is 9.47 Å². The van der Waals surface area contributed by atoms with E-state index in [1.54, 1.807) is 0 Å². The zero-order valence-corrected chi connectivity index (χ0v) is 11.7. The van der Waals surface area contributed by atoms with Crippen molar-refractivity contribution in [1.29, 1.82) is 0 Å². The molecule has 92 valence electrons.